The molecule has 0 unspecified atom stereocenters. The number of thiazole rings is 1. The van der Waals surface area contributed by atoms with Gasteiger partial charge in [0.05, 0.1) is 11.4 Å². The lowest BCUT2D eigenvalue weighted by atomic mass is 10.2. The van der Waals surface area contributed by atoms with E-state index < -0.39 is 0 Å². The first-order chi connectivity index (χ1) is 9.54. The van der Waals surface area contributed by atoms with Crippen molar-refractivity contribution in [2.75, 3.05) is 0 Å². The zero-order valence-corrected chi connectivity index (χ0v) is 12.3. The maximum atomic E-state index is 12.0. The Bertz CT molecular complexity index is 820. The predicted octanol–water partition coefficient (Wildman–Crippen LogP) is 3.81. The fourth-order valence-electron chi connectivity index (χ4n) is 2.09. The van der Waals surface area contributed by atoms with Crippen LogP contribution in [-0.4, -0.2) is 15.2 Å². The van der Waals surface area contributed by atoms with Crippen LogP contribution in [0.25, 0.3) is 11.0 Å². The fourth-order valence-corrected chi connectivity index (χ4v) is 2.96. The lowest BCUT2D eigenvalue weighted by Crippen LogP contribution is -1.92. The molecule has 5 heteroatoms. The summed E-state index contributed by atoms with van der Waals surface area (Å²) in [6.45, 7) is 5.80. The molecule has 20 heavy (non-hydrogen) atoms. The predicted molar refractivity (Wildman–Crippen MR) is 79.4 cm³/mol. The Morgan fingerprint density at radius 1 is 1.35 bits per heavy atom. The molecule has 3 rings (SSSR count). The number of allylic oxidation sites excluding steroid dienone is 1. The molecule has 0 saturated carbocycles. The molecule has 3 heterocycles. The summed E-state index contributed by atoms with van der Waals surface area (Å²) in [5.74, 6) is 0.955. The summed E-state index contributed by atoms with van der Waals surface area (Å²) in [6.07, 6.45) is 5.35. The number of hydrogen-bond acceptors (Lipinski definition) is 4. The van der Waals surface area contributed by atoms with Crippen molar-refractivity contribution in [3.8, 4) is 0 Å². The van der Waals surface area contributed by atoms with Crippen molar-refractivity contribution in [1.29, 1.82) is 0 Å². The average molecular weight is 286 g/mol. The minimum Gasteiger partial charge on any atom is -0.458 e. The van der Waals surface area contributed by atoms with Crippen molar-refractivity contribution in [3.63, 3.8) is 0 Å². The Balaban J connectivity index is 1.94. The molecule has 0 N–H and O–H groups in total. The van der Waals surface area contributed by atoms with Crippen molar-refractivity contribution in [2.24, 2.45) is 0 Å². The first kappa shape index (κ1) is 12.9. The van der Waals surface area contributed by atoms with E-state index in [1.54, 1.807) is 29.5 Å². The quantitative estimate of drug-likeness (QED) is 0.543. The van der Waals surface area contributed by atoms with Gasteiger partial charge >= 0.3 is 0 Å². The molecular formula is C15H14N2O2S. The van der Waals surface area contributed by atoms with Gasteiger partial charge in [0.2, 0.25) is 5.78 Å². The summed E-state index contributed by atoms with van der Waals surface area (Å²) in [5.41, 5.74) is 1.84. The van der Waals surface area contributed by atoms with E-state index in [2.05, 4.69) is 4.98 Å². The number of aromatic nitrogens is 2. The van der Waals surface area contributed by atoms with Crippen molar-refractivity contribution in [2.45, 2.75) is 20.8 Å². The maximum Gasteiger partial charge on any atom is 0.221 e. The van der Waals surface area contributed by atoms with Crippen LogP contribution < -0.4 is 0 Å². The largest absolute Gasteiger partial charge is 0.458 e. The minimum atomic E-state index is -0.139. The number of rotatable bonds is 3. The topological polar surface area (TPSA) is 47.5 Å². The van der Waals surface area contributed by atoms with Gasteiger partial charge in [0.25, 0.3) is 0 Å². The molecule has 0 bridgehead atoms. The summed E-state index contributed by atoms with van der Waals surface area (Å²) in [6, 6.07) is 3.47. The fraction of sp³-hybridized carbons (Fsp3) is 0.200. The van der Waals surface area contributed by atoms with Crippen molar-refractivity contribution >= 4 is 28.2 Å². The lowest BCUT2D eigenvalue weighted by Gasteiger charge is -1.93. The van der Waals surface area contributed by atoms with Crippen LogP contribution in [0.1, 0.15) is 32.6 Å². The number of aryl methyl sites for hydroxylation is 3. The number of hydrogen-bond donors (Lipinski definition) is 0. The van der Waals surface area contributed by atoms with E-state index in [1.165, 1.54) is 11.0 Å². The summed E-state index contributed by atoms with van der Waals surface area (Å²) >= 11 is 1.64. The summed E-state index contributed by atoms with van der Waals surface area (Å²) in [4.78, 5) is 18.6. The standard InChI is InChI=1S/C15H14N2O2S/c1-9-4-7-14(19-9)13(18)6-5-12-11(3)16-15-17(12)8-10(2)20-15/h4-8H,1-3H3/b6-5-. The number of fused-ring (bicyclic) bond motifs is 1. The Hall–Kier alpha value is -2.14. The van der Waals surface area contributed by atoms with Gasteiger partial charge in [-0.15, -0.1) is 11.3 Å². The number of ketones is 1. The Labute approximate surface area is 120 Å². The van der Waals surface area contributed by atoms with Crippen LogP contribution in [0.4, 0.5) is 0 Å². The molecule has 0 atom stereocenters. The second kappa shape index (κ2) is 4.76. The van der Waals surface area contributed by atoms with Gasteiger partial charge in [0, 0.05) is 11.1 Å². The molecular weight excluding hydrogens is 272 g/mol. The van der Waals surface area contributed by atoms with E-state index in [9.17, 15) is 4.79 Å². The zero-order chi connectivity index (χ0) is 14.3. The van der Waals surface area contributed by atoms with Gasteiger partial charge in [-0.1, -0.05) is 0 Å². The third kappa shape index (κ3) is 2.20. The highest BCUT2D eigenvalue weighted by atomic mass is 32.1. The van der Waals surface area contributed by atoms with Crippen LogP contribution in [-0.2, 0) is 0 Å². The third-order valence-electron chi connectivity index (χ3n) is 3.04. The highest BCUT2D eigenvalue weighted by Gasteiger charge is 2.10. The normalized spacial score (nSPS) is 11.8. The number of nitrogens with zero attached hydrogens (tertiary/aromatic N) is 2. The van der Waals surface area contributed by atoms with Crippen LogP contribution >= 0.6 is 11.3 Å². The van der Waals surface area contributed by atoms with E-state index >= 15 is 0 Å². The van der Waals surface area contributed by atoms with Gasteiger partial charge in [0.1, 0.15) is 5.76 Å². The van der Waals surface area contributed by atoms with Gasteiger partial charge in [0.15, 0.2) is 10.7 Å². The van der Waals surface area contributed by atoms with Crippen molar-refractivity contribution in [3.05, 3.63) is 52.2 Å². The van der Waals surface area contributed by atoms with Gasteiger partial charge in [-0.05, 0) is 45.1 Å². The molecule has 0 aliphatic heterocycles. The van der Waals surface area contributed by atoms with E-state index in [-0.39, 0.29) is 5.78 Å². The molecule has 3 aromatic rings. The van der Waals surface area contributed by atoms with Crippen LogP contribution in [0.5, 0.6) is 0 Å². The SMILES string of the molecule is Cc1ccc(C(=O)/C=C\c2c(C)nc3sc(C)cn23)o1. The van der Waals surface area contributed by atoms with Crippen LogP contribution in [0.3, 0.4) is 0 Å². The summed E-state index contributed by atoms with van der Waals surface area (Å²) < 4.78 is 7.32. The van der Waals surface area contributed by atoms with Gasteiger partial charge < -0.3 is 4.42 Å². The van der Waals surface area contributed by atoms with E-state index in [0.29, 0.717) is 5.76 Å². The van der Waals surface area contributed by atoms with Crippen molar-refractivity contribution in [1.82, 2.24) is 9.38 Å². The van der Waals surface area contributed by atoms with Gasteiger partial charge in [-0.2, -0.15) is 0 Å². The molecule has 0 spiro atoms. The molecule has 3 aromatic heterocycles. The van der Waals surface area contributed by atoms with Crippen LogP contribution in [0.15, 0.2) is 28.8 Å². The highest BCUT2D eigenvalue weighted by Crippen LogP contribution is 2.21. The number of imidazole rings is 1. The van der Waals surface area contributed by atoms with Crippen LogP contribution in [0, 0.1) is 20.8 Å². The number of carbonyl (C=O) groups excluding carboxylic acids is 1. The molecule has 0 fully saturated rings. The molecule has 0 aromatic carbocycles. The molecule has 0 amide bonds. The zero-order valence-electron chi connectivity index (χ0n) is 11.5. The first-order valence-corrected chi connectivity index (χ1v) is 7.10. The molecule has 0 aliphatic rings. The first-order valence-electron chi connectivity index (χ1n) is 6.28. The van der Waals surface area contributed by atoms with E-state index in [0.717, 1.165) is 22.1 Å². The molecule has 0 radical (unpaired) electrons. The number of carbonyl (C=O) groups is 1. The molecule has 4 nitrogen and oxygen atoms in total. The smallest absolute Gasteiger partial charge is 0.221 e. The Kier molecular flexibility index (Phi) is 3.06. The average Bonchev–Trinajstić information content (AvgIpc) is 3.02. The minimum absolute atomic E-state index is 0.139. The monoisotopic (exact) mass is 286 g/mol. The van der Waals surface area contributed by atoms with E-state index in [4.69, 9.17) is 4.42 Å². The highest BCUT2D eigenvalue weighted by molar-refractivity contribution is 7.17. The van der Waals surface area contributed by atoms with Crippen molar-refractivity contribution < 1.29 is 9.21 Å². The Morgan fingerprint density at radius 2 is 2.15 bits per heavy atom. The molecule has 0 saturated heterocycles. The van der Waals surface area contributed by atoms with Gasteiger partial charge in [-0.25, -0.2) is 4.98 Å². The number of furan rings is 1. The lowest BCUT2D eigenvalue weighted by molar-refractivity contribution is 0.102. The molecule has 102 valence electrons. The summed E-state index contributed by atoms with van der Waals surface area (Å²) in [7, 11) is 0. The van der Waals surface area contributed by atoms with Crippen LogP contribution in [0.2, 0.25) is 0 Å². The Morgan fingerprint density at radius 3 is 2.85 bits per heavy atom. The third-order valence-corrected chi connectivity index (χ3v) is 3.94. The van der Waals surface area contributed by atoms with E-state index in [1.807, 2.05) is 31.4 Å². The molecule has 0 aliphatic carbocycles. The second-order valence-electron chi connectivity index (χ2n) is 4.68. The van der Waals surface area contributed by atoms with Gasteiger partial charge in [-0.3, -0.25) is 9.20 Å². The second-order valence-corrected chi connectivity index (χ2v) is 5.90. The summed E-state index contributed by atoms with van der Waals surface area (Å²) in [5, 5.41) is 0. The maximum absolute atomic E-state index is 12.0.